The lowest BCUT2D eigenvalue weighted by Gasteiger charge is -2.01. The fraction of sp³-hybridized carbons (Fsp3) is 0.923. The standard InChI is InChI=1S/C9H18O.C3H9N.CH4/c1-9(2)7-5-3-4-6-8-10;1-3-4-2;/h8-9H,3-7H2,1-2H3;4H,3H2,1-2H3;1H4. The van der Waals surface area contributed by atoms with Crippen molar-refractivity contribution in [2.75, 3.05) is 13.6 Å². The van der Waals surface area contributed by atoms with E-state index >= 15 is 0 Å². The van der Waals surface area contributed by atoms with Crippen LogP contribution in [0, 0.1) is 5.92 Å². The smallest absolute Gasteiger partial charge is 0.119 e. The molecule has 0 atom stereocenters. The molecule has 0 amide bonds. The molecule has 0 fully saturated rings. The molecule has 0 radical (unpaired) electrons. The number of carbonyl (C=O) groups is 1. The monoisotopic (exact) mass is 217 g/mol. The van der Waals surface area contributed by atoms with Gasteiger partial charge in [-0.25, -0.2) is 0 Å². The lowest BCUT2D eigenvalue weighted by atomic mass is 10.0. The Morgan fingerprint density at radius 1 is 1.20 bits per heavy atom. The number of hydrogen-bond donors (Lipinski definition) is 1. The van der Waals surface area contributed by atoms with Crippen molar-refractivity contribution >= 4 is 6.29 Å². The van der Waals surface area contributed by atoms with E-state index in [1.54, 1.807) is 0 Å². The zero-order chi connectivity index (χ0) is 11.2. The van der Waals surface area contributed by atoms with Gasteiger partial charge in [0.05, 0.1) is 0 Å². The summed E-state index contributed by atoms with van der Waals surface area (Å²) < 4.78 is 0. The summed E-state index contributed by atoms with van der Waals surface area (Å²) >= 11 is 0. The predicted octanol–water partition coefficient (Wildman–Crippen LogP) is 3.65. The zero-order valence-corrected chi connectivity index (χ0v) is 10.3. The summed E-state index contributed by atoms with van der Waals surface area (Å²) in [7, 11) is 1.93. The molecule has 2 heteroatoms. The second kappa shape index (κ2) is 19.2. The molecule has 0 aromatic rings. The third kappa shape index (κ3) is 31.7. The molecule has 0 rings (SSSR count). The molecule has 0 aliphatic heterocycles. The third-order valence-corrected chi connectivity index (χ3v) is 1.96. The minimum Gasteiger partial charge on any atom is -0.320 e. The lowest BCUT2D eigenvalue weighted by molar-refractivity contribution is -0.107. The second-order valence-corrected chi connectivity index (χ2v) is 3.91. The van der Waals surface area contributed by atoms with E-state index in [0.29, 0.717) is 0 Å². The first-order chi connectivity index (χ1) is 6.68. The quantitative estimate of drug-likeness (QED) is 0.521. The largest absolute Gasteiger partial charge is 0.320 e. The maximum Gasteiger partial charge on any atom is 0.119 e. The van der Waals surface area contributed by atoms with Gasteiger partial charge in [-0.15, -0.1) is 0 Å². The molecule has 2 nitrogen and oxygen atoms in total. The number of unbranched alkanes of at least 4 members (excludes halogenated alkanes) is 3. The van der Waals surface area contributed by atoms with Gasteiger partial charge in [0.25, 0.3) is 0 Å². The number of carbonyl (C=O) groups excluding carboxylic acids is 1. The van der Waals surface area contributed by atoms with Crippen LogP contribution < -0.4 is 5.32 Å². The molecule has 1 N–H and O–H groups in total. The fourth-order valence-corrected chi connectivity index (χ4v) is 0.957. The van der Waals surface area contributed by atoms with Gasteiger partial charge in [0.2, 0.25) is 0 Å². The summed E-state index contributed by atoms with van der Waals surface area (Å²) in [5.74, 6) is 0.816. The average molecular weight is 217 g/mol. The second-order valence-electron chi connectivity index (χ2n) is 3.91. The molecule has 0 bridgehead atoms. The van der Waals surface area contributed by atoms with Crippen molar-refractivity contribution < 1.29 is 4.79 Å². The summed E-state index contributed by atoms with van der Waals surface area (Å²) in [4.78, 5) is 9.90. The Kier molecular flexibility index (Phi) is 25.8. The molecule has 0 aliphatic rings. The maximum absolute atomic E-state index is 9.90. The van der Waals surface area contributed by atoms with Crippen molar-refractivity contribution in [2.24, 2.45) is 5.92 Å². The van der Waals surface area contributed by atoms with E-state index in [-0.39, 0.29) is 7.43 Å². The van der Waals surface area contributed by atoms with Crippen molar-refractivity contribution in [3.05, 3.63) is 0 Å². The van der Waals surface area contributed by atoms with Crippen molar-refractivity contribution in [1.29, 1.82) is 0 Å². The van der Waals surface area contributed by atoms with E-state index in [1.165, 1.54) is 19.3 Å². The van der Waals surface area contributed by atoms with Crippen LogP contribution in [0.3, 0.4) is 0 Å². The molecule has 0 aromatic heterocycles. The fourth-order valence-electron chi connectivity index (χ4n) is 0.957. The number of rotatable bonds is 7. The highest BCUT2D eigenvalue weighted by atomic mass is 16.1. The van der Waals surface area contributed by atoms with Gasteiger partial charge in [0.1, 0.15) is 6.29 Å². The van der Waals surface area contributed by atoms with Gasteiger partial charge in [0.15, 0.2) is 0 Å². The summed E-state index contributed by atoms with van der Waals surface area (Å²) in [6, 6.07) is 0. The van der Waals surface area contributed by atoms with Gasteiger partial charge >= 0.3 is 0 Å². The Morgan fingerprint density at radius 3 is 2.07 bits per heavy atom. The van der Waals surface area contributed by atoms with Crippen LogP contribution in [0.25, 0.3) is 0 Å². The van der Waals surface area contributed by atoms with E-state index in [1.807, 2.05) is 7.05 Å². The minimum absolute atomic E-state index is 0. The van der Waals surface area contributed by atoms with E-state index in [9.17, 15) is 4.79 Å². The first-order valence-corrected chi connectivity index (χ1v) is 5.77. The predicted molar refractivity (Wildman–Crippen MR) is 70.3 cm³/mol. The Labute approximate surface area is 96.8 Å². The van der Waals surface area contributed by atoms with Gasteiger partial charge in [-0.1, -0.05) is 47.5 Å². The van der Waals surface area contributed by atoms with Crippen LogP contribution in [0.2, 0.25) is 0 Å². The van der Waals surface area contributed by atoms with Crippen LogP contribution in [0.5, 0.6) is 0 Å². The van der Waals surface area contributed by atoms with Crippen LogP contribution in [0.15, 0.2) is 0 Å². The van der Waals surface area contributed by atoms with Crippen molar-refractivity contribution in [1.82, 2.24) is 5.32 Å². The van der Waals surface area contributed by atoms with Crippen LogP contribution in [0.4, 0.5) is 0 Å². The van der Waals surface area contributed by atoms with Crippen LogP contribution in [-0.2, 0) is 4.79 Å². The summed E-state index contributed by atoms with van der Waals surface area (Å²) in [6.45, 7) is 7.61. The molecule has 0 unspecified atom stereocenters. The zero-order valence-electron chi connectivity index (χ0n) is 10.3. The Hall–Kier alpha value is -0.370. The normalized spacial score (nSPS) is 8.87. The number of nitrogens with one attached hydrogen (secondary N) is 1. The van der Waals surface area contributed by atoms with Crippen molar-refractivity contribution in [3.63, 3.8) is 0 Å². The molecule has 0 spiro atoms. The molecule has 0 heterocycles. The lowest BCUT2D eigenvalue weighted by Crippen LogP contribution is -2.01. The van der Waals surface area contributed by atoms with E-state index < -0.39 is 0 Å². The molecular formula is C13H31NO. The van der Waals surface area contributed by atoms with Crippen LogP contribution in [0.1, 0.15) is 60.3 Å². The van der Waals surface area contributed by atoms with E-state index in [2.05, 4.69) is 26.1 Å². The first-order valence-electron chi connectivity index (χ1n) is 5.77. The summed E-state index contributed by atoms with van der Waals surface area (Å²) in [5.41, 5.74) is 0. The maximum atomic E-state index is 9.90. The Morgan fingerprint density at radius 2 is 1.73 bits per heavy atom. The number of hydrogen-bond acceptors (Lipinski definition) is 2. The molecule has 0 saturated carbocycles. The van der Waals surface area contributed by atoms with Gasteiger partial charge in [-0.05, 0) is 25.9 Å². The highest BCUT2D eigenvalue weighted by Gasteiger charge is 1.92. The molecule has 15 heavy (non-hydrogen) atoms. The van der Waals surface area contributed by atoms with E-state index in [4.69, 9.17) is 0 Å². The van der Waals surface area contributed by atoms with Gasteiger partial charge in [-0.3, -0.25) is 0 Å². The summed E-state index contributed by atoms with van der Waals surface area (Å²) in [5, 5.41) is 2.93. The summed E-state index contributed by atoms with van der Waals surface area (Å²) in [6.07, 6.45) is 6.64. The van der Waals surface area contributed by atoms with Crippen LogP contribution in [-0.4, -0.2) is 19.9 Å². The van der Waals surface area contributed by atoms with Gasteiger partial charge < -0.3 is 10.1 Å². The van der Waals surface area contributed by atoms with Crippen molar-refractivity contribution in [2.45, 2.75) is 60.3 Å². The highest BCUT2D eigenvalue weighted by Crippen LogP contribution is 2.08. The minimum atomic E-state index is 0. The SMILES string of the molecule is C.CC(C)CCCCCC=O.CCNC. The Bertz CT molecular complexity index is 101. The molecular weight excluding hydrogens is 186 g/mol. The van der Waals surface area contributed by atoms with Crippen molar-refractivity contribution in [3.8, 4) is 0 Å². The molecule has 0 aliphatic carbocycles. The van der Waals surface area contributed by atoms with Crippen LogP contribution >= 0.6 is 0 Å². The number of aldehydes is 1. The average Bonchev–Trinajstić information content (AvgIpc) is 2.18. The molecule has 0 aromatic carbocycles. The van der Waals surface area contributed by atoms with Gasteiger partial charge in [-0.2, -0.15) is 0 Å². The Balaban J connectivity index is -0.000000249. The molecule has 0 saturated heterocycles. The third-order valence-electron chi connectivity index (χ3n) is 1.96. The molecule has 94 valence electrons. The first kappa shape index (κ1) is 20.1. The highest BCUT2D eigenvalue weighted by molar-refractivity contribution is 5.48. The topological polar surface area (TPSA) is 29.1 Å². The van der Waals surface area contributed by atoms with Gasteiger partial charge in [0, 0.05) is 6.42 Å². The van der Waals surface area contributed by atoms with E-state index in [0.717, 1.165) is 31.6 Å².